The van der Waals surface area contributed by atoms with Gasteiger partial charge in [0.25, 0.3) is 5.91 Å². The van der Waals surface area contributed by atoms with Gasteiger partial charge in [0.05, 0.1) is 11.1 Å². The normalized spacial score (nSPS) is 14.5. The van der Waals surface area contributed by atoms with Gasteiger partial charge in [0.15, 0.2) is 11.9 Å². The number of carbonyl (C=O) groups excluding carboxylic acids is 2. The van der Waals surface area contributed by atoms with Gasteiger partial charge in [0.2, 0.25) is 0 Å². The molecule has 0 radical (unpaired) electrons. The van der Waals surface area contributed by atoms with Crippen molar-refractivity contribution in [2.24, 2.45) is 0 Å². The van der Waals surface area contributed by atoms with E-state index in [0.717, 1.165) is 42.3 Å². The molecule has 0 aliphatic heterocycles. The number of nitrogens with one attached hydrogen (secondary N) is 1. The Morgan fingerprint density at radius 2 is 2.07 bits per heavy atom. The molecule has 3 aromatic rings. The highest BCUT2D eigenvalue weighted by atomic mass is 16.5. The number of nitrogens with zero attached hydrogens (tertiary/aromatic N) is 2. The molecule has 156 valence electrons. The summed E-state index contributed by atoms with van der Waals surface area (Å²) in [5.41, 5.74) is 2.13. The van der Waals surface area contributed by atoms with E-state index in [4.69, 9.17) is 14.2 Å². The van der Waals surface area contributed by atoms with Crippen LogP contribution in [0.15, 0.2) is 40.9 Å². The third-order valence-electron chi connectivity index (χ3n) is 5.19. The molecule has 1 fully saturated rings. The Morgan fingerprint density at radius 3 is 2.77 bits per heavy atom. The second-order valence-corrected chi connectivity index (χ2v) is 7.73. The zero-order chi connectivity index (χ0) is 21.1. The van der Waals surface area contributed by atoms with Gasteiger partial charge in [-0.05, 0) is 44.7 Å². The number of hydrogen-bond donors (Lipinski definition) is 1. The van der Waals surface area contributed by atoms with Crippen LogP contribution in [0.3, 0.4) is 0 Å². The minimum Gasteiger partial charge on any atom is -0.449 e. The van der Waals surface area contributed by atoms with Crippen LogP contribution >= 0.6 is 0 Å². The van der Waals surface area contributed by atoms with Crippen LogP contribution in [-0.2, 0) is 9.53 Å². The number of fused-ring (bicyclic) bond motifs is 1. The molecule has 7 nitrogen and oxygen atoms in total. The minimum atomic E-state index is -0.911. The molecular weight excluding hydrogens is 382 g/mol. The molecule has 4 rings (SSSR count). The van der Waals surface area contributed by atoms with E-state index >= 15 is 0 Å². The predicted molar refractivity (Wildman–Crippen MR) is 112 cm³/mol. The number of pyridine rings is 1. The molecule has 0 bridgehead atoms. The van der Waals surface area contributed by atoms with E-state index in [2.05, 4.69) is 10.5 Å². The number of carbonyl (C=O) groups is 2. The lowest BCUT2D eigenvalue weighted by molar-refractivity contribution is -0.125. The predicted octanol–water partition coefficient (Wildman–Crippen LogP) is 4.76. The molecule has 0 spiro atoms. The van der Waals surface area contributed by atoms with Crippen molar-refractivity contribution in [3.8, 4) is 0 Å². The Kier molecular flexibility index (Phi) is 5.79. The fourth-order valence-electron chi connectivity index (χ4n) is 3.41. The number of hydrogen-bond acceptors (Lipinski definition) is 6. The fraction of sp³-hybridized carbons (Fsp3) is 0.391. The van der Waals surface area contributed by atoms with Crippen LogP contribution in [0, 0.1) is 6.92 Å². The summed E-state index contributed by atoms with van der Waals surface area (Å²) in [5.74, 6) is 0.369. The van der Waals surface area contributed by atoms with E-state index < -0.39 is 18.0 Å². The number of aryl methyl sites for hydroxylation is 1. The molecule has 30 heavy (non-hydrogen) atoms. The quantitative estimate of drug-likeness (QED) is 0.541. The van der Waals surface area contributed by atoms with Gasteiger partial charge >= 0.3 is 5.97 Å². The van der Waals surface area contributed by atoms with Gasteiger partial charge in [0.1, 0.15) is 5.76 Å². The zero-order valence-corrected chi connectivity index (χ0v) is 17.2. The van der Waals surface area contributed by atoms with E-state index in [-0.39, 0.29) is 0 Å². The Labute approximate surface area is 174 Å². The largest absolute Gasteiger partial charge is 0.449 e. The standard InChI is InChI=1S/C23H25N3O4/c1-3-4-9-20(22(27)25-21-12-14(2)30-26-21)29-23(28)17-13-19(15-10-11-15)24-18-8-6-5-7-16(17)18/h5-8,12-13,15,20H,3-4,9-11H2,1-2H3,(H,25,26,27). The molecule has 1 aliphatic carbocycles. The number of anilines is 1. The molecule has 1 aromatic carbocycles. The molecule has 7 heteroatoms. The van der Waals surface area contributed by atoms with Crippen LogP contribution in [0.2, 0.25) is 0 Å². The first-order valence-corrected chi connectivity index (χ1v) is 10.4. The van der Waals surface area contributed by atoms with Crippen LogP contribution in [0.1, 0.15) is 66.8 Å². The summed E-state index contributed by atoms with van der Waals surface area (Å²) in [7, 11) is 0. The number of benzene rings is 1. The molecule has 1 saturated carbocycles. The second kappa shape index (κ2) is 8.65. The monoisotopic (exact) mass is 407 g/mol. The van der Waals surface area contributed by atoms with Crippen molar-refractivity contribution in [1.29, 1.82) is 0 Å². The molecule has 1 aliphatic rings. The molecule has 2 heterocycles. The number of rotatable bonds is 8. The first kappa shape index (κ1) is 20.1. The van der Waals surface area contributed by atoms with Crippen molar-refractivity contribution in [3.63, 3.8) is 0 Å². The first-order valence-electron chi connectivity index (χ1n) is 10.4. The van der Waals surface area contributed by atoms with E-state index in [1.165, 1.54) is 0 Å². The van der Waals surface area contributed by atoms with E-state index in [9.17, 15) is 9.59 Å². The maximum Gasteiger partial charge on any atom is 0.339 e. The number of amides is 1. The van der Waals surface area contributed by atoms with Gasteiger partial charge in [-0.2, -0.15) is 0 Å². The van der Waals surface area contributed by atoms with E-state index in [1.807, 2.05) is 37.3 Å². The Morgan fingerprint density at radius 1 is 1.27 bits per heavy atom. The maximum atomic E-state index is 13.1. The third-order valence-corrected chi connectivity index (χ3v) is 5.19. The molecule has 1 unspecified atom stereocenters. The van der Waals surface area contributed by atoms with Crippen molar-refractivity contribution < 1.29 is 18.8 Å². The number of aromatic nitrogens is 2. The molecular formula is C23H25N3O4. The Balaban J connectivity index is 1.58. The lowest BCUT2D eigenvalue weighted by atomic mass is 10.1. The molecule has 1 atom stereocenters. The lowest BCUT2D eigenvalue weighted by Crippen LogP contribution is -2.33. The highest BCUT2D eigenvalue weighted by Gasteiger charge is 2.29. The Bertz CT molecular complexity index is 1070. The summed E-state index contributed by atoms with van der Waals surface area (Å²) in [6.45, 7) is 3.76. The summed E-state index contributed by atoms with van der Waals surface area (Å²) in [4.78, 5) is 30.6. The van der Waals surface area contributed by atoms with Gasteiger partial charge < -0.3 is 14.6 Å². The number of esters is 1. The first-order chi connectivity index (χ1) is 14.5. The molecule has 0 saturated heterocycles. The summed E-state index contributed by atoms with van der Waals surface area (Å²) in [6.07, 6.45) is 3.33. The van der Waals surface area contributed by atoms with E-state index in [0.29, 0.717) is 29.5 Å². The lowest BCUT2D eigenvalue weighted by Gasteiger charge is -2.17. The SMILES string of the molecule is CCCCC(OC(=O)c1cc(C2CC2)nc2ccccc12)C(=O)Nc1cc(C)on1. The van der Waals surface area contributed by atoms with Crippen LogP contribution in [0.4, 0.5) is 5.82 Å². The summed E-state index contributed by atoms with van der Waals surface area (Å²) in [6, 6.07) is 11.0. The summed E-state index contributed by atoms with van der Waals surface area (Å²) in [5, 5.41) is 7.18. The highest BCUT2D eigenvalue weighted by Crippen LogP contribution is 2.40. The van der Waals surface area contributed by atoms with Crippen molar-refractivity contribution in [1.82, 2.24) is 10.1 Å². The van der Waals surface area contributed by atoms with Gasteiger partial charge in [-0.1, -0.05) is 36.7 Å². The smallest absolute Gasteiger partial charge is 0.339 e. The summed E-state index contributed by atoms with van der Waals surface area (Å²) >= 11 is 0. The number of ether oxygens (including phenoxy) is 1. The van der Waals surface area contributed by atoms with Crippen molar-refractivity contribution in [2.75, 3.05) is 5.32 Å². The summed E-state index contributed by atoms with van der Waals surface area (Å²) < 4.78 is 10.7. The number of unbranched alkanes of at least 4 members (excludes halogenated alkanes) is 1. The minimum absolute atomic E-state index is 0.306. The van der Waals surface area contributed by atoms with E-state index in [1.54, 1.807) is 13.0 Å². The zero-order valence-electron chi connectivity index (χ0n) is 17.2. The van der Waals surface area contributed by atoms with Crippen LogP contribution < -0.4 is 5.32 Å². The van der Waals surface area contributed by atoms with Crippen molar-refractivity contribution in [3.05, 3.63) is 53.4 Å². The molecule has 1 amide bonds. The van der Waals surface area contributed by atoms with Crippen molar-refractivity contribution >= 4 is 28.6 Å². The highest BCUT2D eigenvalue weighted by molar-refractivity contribution is 6.05. The van der Waals surface area contributed by atoms with Gasteiger partial charge in [-0.25, -0.2) is 4.79 Å². The van der Waals surface area contributed by atoms with Gasteiger partial charge in [-0.15, -0.1) is 0 Å². The Hall–Kier alpha value is -3.22. The van der Waals surface area contributed by atoms with Gasteiger partial charge in [-0.3, -0.25) is 9.78 Å². The van der Waals surface area contributed by atoms with Crippen LogP contribution in [0.5, 0.6) is 0 Å². The second-order valence-electron chi connectivity index (χ2n) is 7.73. The van der Waals surface area contributed by atoms with Gasteiger partial charge in [0, 0.05) is 23.1 Å². The third kappa shape index (κ3) is 4.50. The maximum absolute atomic E-state index is 13.1. The average molecular weight is 407 g/mol. The van der Waals surface area contributed by atoms with Crippen molar-refractivity contribution in [2.45, 2.75) is 58.0 Å². The average Bonchev–Trinajstić information content (AvgIpc) is 3.52. The molecule has 1 N–H and O–H groups in total. The molecule has 2 aromatic heterocycles. The van der Waals surface area contributed by atoms with Crippen LogP contribution in [-0.4, -0.2) is 28.1 Å². The fourth-order valence-corrected chi connectivity index (χ4v) is 3.41. The topological polar surface area (TPSA) is 94.3 Å². The van der Waals surface area contributed by atoms with Crippen LogP contribution in [0.25, 0.3) is 10.9 Å². The number of para-hydroxylation sites is 1.